The number of anilines is 1. The van der Waals surface area contributed by atoms with Crippen LogP contribution >= 0.6 is 7.92 Å². The summed E-state index contributed by atoms with van der Waals surface area (Å²) in [7, 11) is -0.212. The first kappa shape index (κ1) is 22.5. The van der Waals surface area contributed by atoms with E-state index in [2.05, 4.69) is 92.8 Å². The molecule has 2 rings (SSSR count). The smallest absolute Gasteiger partial charge is 0.0452 e. The monoisotopic (exact) mass is 387 g/mol. The normalized spacial score (nSPS) is 16.2. The van der Waals surface area contributed by atoms with E-state index in [1.54, 1.807) is 5.31 Å². The lowest BCUT2D eigenvalue weighted by Gasteiger charge is -2.43. The van der Waals surface area contributed by atoms with Gasteiger partial charge in [-0.1, -0.05) is 95.4 Å². The predicted molar refractivity (Wildman–Crippen MR) is 126 cm³/mol. The molecule has 0 amide bonds. The molecule has 1 aromatic carbocycles. The highest BCUT2D eigenvalue weighted by atomic mass is 31.1. The second-order valence-corrected chi connectivity index (χ2v) is 14.6. The number of nitrogens with one attached hydrogen (secondary N) is 1. The zero-order valence-corrected chi connectivity index (χ0v) is 20.3. The molecule has 2 heteroatoms. The number of hydrogen-bond acceptors (Lipinski definition) is 1. The molecular formula is C25H42NP. The van der Waals surface area contributed by atoms with Gasteiger partial charge in [0.1, 0.15) is 0 Å². The molecule has 0 unspecified atom stereocenters. The fourth-order valence-corrected chi connectivity index (χ4v) is 9.22. The third kappa shape index (κ3) is 5.17. The van der Waals surface area contributed by atoms with E-state index < -0.39 is 0 Å². The summed E-state index contributed by atoms with van der Waals surface area (Å²) in [6.07, 6.45) is 3.76. The van der Waals surface area contributed by atoms with Crippen molar-refractivity contribution in [3.05, 3.63) is 40.3 Å². The number of para-hydroxylation sites is 1. The molecule has 0 fully saturated rings. The zero-order chi connectivity index (χ0) is 20.6. The Morgan fingerprint density at radius 2 is 1.30 bits per heavy atom. The molecule has 1 aliphatic rings. The van der Waals surface area contributed by atoms with Crippen LogP contribution in [0.5, 0.6) is 0 Å². The van der Waals surface area contributed by atoms with Crippen LogP contribution in [0.2, 0.25) is 0 Å². The van der Waals surface area contributed by atoms with E-state index >= 15 is 0 Å². The minimum absolute atomic E-state index is 0.212. The van der Waals surface area contributed by atoms with E-state index in [1.165, 1.54) is 41.8 Å². The van der Waals surface area contributed by atoms with Crippen LogP contribution in [0.25, 0.3) is 0 Å². The van der Waals surface area contributed by atoms with Crippen LogP contribution in [0.4, 0.5) is 5.69 Å². The highest BCUT2D eigenvalue weighted by Crippen LogP contribution is 2.67. The Hall–Kier alpha value is -0.810. The maximum Gasteiger partial charge on any atom is 0.0452 e. The van der Waals surface area contributed by atoms with Crippen LogP contribution in [-0.2, 0) is 0 Å². The molecule has 0 radical (unpaired) electrons. The molecular weight excluding hydrogens is 345 g/mol. The Labute approximate surface area is 170 Å². The Bertz CT molecular complexity index is 643. The van der Waals surface area contributed by atoms with Gasteiger partial charge in [-0.15, -0.1) is 0 Å². The Kier molecular flexibility index (Phi) is 6.89. The summed E-state index contributed by atoms with van der Waals surface area (Å²) >= 11 is 0. The summed E-state index contributed by atoms with van der Waals surface area (Å²) in [4.78, 5) is 0. The molecule has 0 aliphatic heterocycles. The quantitative estimate of drug-likeness (QED) is 0.498. The number of allylic oxidation sites excluding steroid dienone is 2. The molecule has 1 nitrogen and oxygen atoms in total. The summed E-state index contributed by atoms with van der Waals surface area (Å²) in [6, 6.07) is 6.85. The molecule has 1 aliphatic carbocycles. The lowest BCUT2D eigenvalue weighted by molar-refractivity contribution is 0.708. The molecule has 0 spiro atoms. The van der Waals surface area contributed by atoms with Crippen LogP contribution in [0.15, 0.2) is 29.2 Å². The SMILES string of the molecule is CC(C)c1cccc(C(C)C)c1NC1=C(P(C(C)(C)C)C(C)(C)C)CCC1. The molecule has 0 saturated heterocycles. The van der Waals surface area contributed by atoms with Crippen LogP contribution in [0.1, 0.15) is 111 Å². The van der Waals surface area contributed by atoms with Gasteiger partial charge in [-0.25, -0.2) is 0 Å². The number of benzene rings is 1. The lowest BCUT2D eigenvalue weighted by atomic mass is 9.92. The second-order valence-electron chi connectivity index (χ2n) is 10.7. The van der Waals surface area contributed by atoms with Gasteiger partial charge in [0.25, 0.3) is 0 Å². The maximum atomic E-state index is 4.01. The Morgan fingerprint density at radius 3 is 1.70 bits per heavy atom. The van der Waals surface area contributed by atoms with E-state index in [0.29, 0.717) is 22.1 Å². The standard InChI is InChI=1S/C25H42NP/c1-17(2)19-13-11-14-20(18(3)4)23(19)26-21-15-12-16-22(21)27(24(5,6)7)25(8,9)10/h11,13-14,17-18,26H,12,15-16H2,1-10H3. The first-order chi connectivity index (χ1) is 12.3. The van der Waals surface area contributed by atoms with Crippen molar-refractivity contribution in [1.82, 2.24) is 0 Å². The average Bonchev–Trinajstić information content (AvgIpc) is 2.91. The Morgan fingerprint density at radius 1 is 0.815 bits per heavy atom. The van der Waals surface area contributed by atoms with Crippen molar-refractivity contribution < 1.29 is 0 Å². The van der Waals surface area contributed by atoms with Crippen molar-refractivity contribution in [2.75, 3.05) is 5.32 Å². The van der Waals surface area contributed by atoms with Crippen molar-refractivity contribution in [2.45, 2.75) is 111 Å². The topological polar surface area (TPSA) is 12.0 Å². The van der Waals surface area contributed by atoms with Gasteiger partial charge in [-0.3, -0.25) is 0 Å². The molecule has 0 saturated carbocycles. The first-order valence-electron chi connectivity index (χ1n) is 10.8. The molecule has 0 bridgehead atoms. The predicted octanol–water partition coefficient (Wildman–Crippen LogP) is 8.82. The van der Waals surface area contributed by atoms with Crippen LogP contribution in [-0.4, -0.2) is 10.3 Å². The van der Waals surface area contributed by atoms with Crippen molar-refractivity contribution in [2.24, 2.45) is 0 Å². The summed E-state index contributed by atoms with van der Waals surface area (Å²) < 4.78 is 0. The third-order valence-corrected chi connectivity index (χ3v) is 9.17. The van der Waals surface area contributed by atoms with Crippen LogP contribution < -0.4 is 5.32 Å². The van der Waals surface area contributed by atoms with Crippen molar-refractivity contribution >= 4 is 13.6 Å². The fraction of sp³-hybridized carbons (Fsp3) is 0.680. The van der Waals surface area contributed by atoms with Crippen molar-refractivity contribution in [3.63, 3.8) is 0 Å². The van der Waals surface area contributed by atoms with Gasteiger partial charge in [-0.2, -0.15) is 0 Å². The van der Waals surface area contributed by atoms with Gasteiger partial charge < -0.3 is 5.32 Å². The third-order valence-electron chi connectivity index (χ3n) is 5.45. The van der Waals surface area contributed by atoms with Gasteiger partial charge in [0.05, 0.1) is 0 Å². The average molecular weight is 388 g/mol. The highest BCUT2D eigenvalue weighted by Gasteiger charge is 2.39. The van der Waals surface area contributed by atoms with E-state index in [-0.39, 0.29) is 7.92 Å². The molecule has 0 atom stereocenters. The largest absolute Gasteiger partial charge is 0.358 e. The minimum atomic E-state index is -0.212. The molecule has 1 aromatic rings. The van der Waals surface area contributed by atoms with E-state index in [1.807, 2.05) is 0 Å². The molecule has 1 N–H and O–H groups in total. The number of hydrogen-bond donors (Lipinski definition) is 1. The molecule has 0 aromatic heterocycles. The summed E-state index contributed by atoms with van der Waals surface area (Å²) in [6.45, 7) is 23.9. The fourth-order valence-electron chi connectivity index (χ4n) is 4.77. The minimum Gasteiger partial charge on any atom is -0.358 e. The van der Waals surface area contributed by atoms with Crippen LogP contribution in [0, 0.1) is 0 Å². The van der Waals surface area contributed by atoms with Gasteiger partial charge >= 0.3 is 0 Å². The highest BCUT2D eigenvalue weighted by molar-refractivity contribution is 7.65. The Balaban J connectivity index is 2.57. The van der Waals surface area contributed by atoms with Crippen molar-refractivity contribution in [1.29, 1.82) is 0 Å². The second kappa shape index (κ2) is 8.28. The van der Waals surface area contributed by atoms with Gasteiger partial charge in [-0.05, 0) is 57.9 Å². The summed E-state index contributed by atoms with van der Waals surface area (Å²) in [5, 5.41) is 6.41. The first-order valence-corrected chi connectivity index (χ1v) is 12.1. The van der Waals surface area contributed by atoms with E-state index in [9.17, 15) is 0 Å². The number of rotatable bonds is 5. The maximum absolute atomic E-state index is 4.01. The lowest BCUT2D eigenvalue weighted by Crippen LogP contribution is -2.26. The summed E-state index contributed by atoms with van der Waals surface area (Å²) in [5.41, 5.74) is 5.82. The van der Waals surface area contributed by atoms with E-state index in [0.717, 1.165) is 0 Å². The summed E-state index contributed by atoms with van der Waals surface area (Å²) in [5.74, 6) is 1.06. The molecule has 152 valence electrons. The van der Waals surface area contributed by atoms with Crippen LogP contribution in [0.3, 0.4) is 0 Å². The zero-order valence-electron chi connectivity index (χ0n) is 19.5. The molecule has 27 heavy (non-hydrogen) atoms. The molecule has 0 heterocycles. The van der Waals surface area contributed by atoms with Crippen molar-refractivity contribution in [3.8, 4) is 0 Å². The van der Waals surface area contributed by atoms with Gasteiger partial charge in [0, 0.05) is 11.4 Å². The van der Waals surface area contributed by atoms with Gasteiger partial charge in [0.2, 0.25) is 0 Å². The van der Waals surface area contributed by atoms with E-state index in [4.69, 9.17) is 0 Å². The van der Waals surface area contributed by atoms with Gasteiger partial charge in [0.15, 0.2) is 0 Å².